The van der Waals surface area contributed by atoms with Gasteiger partial charge in [-0.05, 0) is 42.3 Å². The van der Waals surface area contributed by atoms with Gasteiger partial charge >= 0.3 is 12.4 Å². The van der Waals surface area contributed by atoms with Crippen molar-refractivity contribution >= 4 is 27.7 Å². The number of rotatable bonds is 4. The Morgan fingerprint density at radius 2 is 1.52 bits per heavy atom. The van der Waals surface area contributed by atoms with Gasteiger partial charge in [0.15, 0.2) is 0 Å². The van der Waals surface area contributed by atoms with Gasteiger partial charge in [0.25, 0.3) is 0 Å². The van der Waals surface area contributed by atoms with E-state index in [0.29, 0.717) is 12.1 Å². The van der Waals surface area contributed by atoms with Crippen LogP contribution in [0.3, 0.4) is 0 Å². The average molecular weight is 455 g/mol. The molecule has 2 N–H and O–H groups in total. The normalized spacial score (nSPS) is 13.4. The first-order chi connectivity index (χ1) is 12.4. The molecule has 0 spiro atoms. The summed E-state index contributed by atoms with van der Waals surface area (Å²) in [7, 11) is 0. The molecule has 0 unspecified atom stereocenters. The average Bonchev–Trinajstić information content (AvgIpc) is 2.56. The lowest BCUT2D eigenvalue weighted by atomic mass is 10.0. The van der Waals surface area contributed by atoms with Gasteiger partial charge in [0, 0.05) is 11.1 Å². The Hall–Kier alpha value is -2.36. The Labute approximate surface area is 159 Å². The van der Waals surface area contributed by atoms with Crippen molar-refractivity contribution in [1.29, 1.82) is 10.8 Å². The lowest BCUT2D eigenvalue weighted by molar-refractivity contribution is -0.143. The second kappa shape index (κ2) is 9.03. The van der Waals surface area contributed by atoms with E-state index >= 15 is 0 Å². The second-order valence-corrected chi connectivity index (χ2v) is 5.52. The molecular formula is C17H13BrF6N2O. The Balaban J connectivity index is 3.28. The van der Waals surface area contributed by atoms with E-state index in [0.717, 1.165) is 0 Å². The number of alkyl halides is 6. The van der Waals surface area contributed by atoms with Gasteiger partial charge in [0.05, 0.1) is 11.1 Å². The van der Waals surface area contributed by atoms with Crippen LogP contribution in [0.4, 0.5) is 26.3 Å². The number of hydrogen-bond donors (Lipinski definition) is 2. The second-order valence-electron chi connectivity index (χ2n) is 5.00. The highest BCUT2D eigenvalue weighted by Crippen LogP contribution is 2.36. The molecule has 146 valence electrons. The molecular weight excluding hydrogens is 442 g/mol. The fourth-order valence-corrected chi connectivity index (χ4v) is 2.07. The molecule has 1 rings (SSSR count). The van der Waals surface area contributed by atoms with Crippen molar-refractivity contribution in [1.82, 2.24) is 0 Å². The minimum absolute atomic E-state index is 0.0486. The Kier molecular flexibility index (Phi) is 7.58. The summed E-state index contributed by atoms with van der Waals surface area (Å²) in [4.78, 5) is 1.37. The first-order valence-corrected chi connectivity index (χ1v) is 8.06. The molecule has 0 saturated heterocycles. The molecule has 0 saturated carbocycles. The minimum atomic E-state index is -5.04. The summed E-state index contributed by atoms with van der Waals surface area (Å²) in [6.45, 7) is 1.69. The maximum atomic E-state index is 12.9. The molecule has 0 amide bonds. The zero-order chi connectivity index (χ0) is 20.8. The van der Waals surface area contributed by atoms with Gasteiger partial charge in [-0.15, -0.1) is 0 Å². The molecule has 0 fully saturated rings. The summed E-state index contributed by atoms with van der Waals surface area (Å²) < 4.78 is 82.1. The Morgan fingerprint density at radius 3 is 1.93 bits per heavy atom. The standard InChI is InChI=1S/C17H13BrF6N2O/c1-2-3-4-10(5-6-18)14(25)27-15(26)11-7-12(16(19,20)21)9-13(8-11)17(22,23)24/h2-9,25-26H,1H3/b3-2-,6-5+,10-4+,25-14?,26-15?. The van der Waals surface area contributed by atoms with E-state index in [9.17, 15) is 26.3 Å². The van der Waals surface area contributed by atoms with Gasteiger partial charge in [0.2, 0.25) is 11.8 Å². The van der Waals surface area contributed by atoms with Crippen LogP contribution in [0.5, 0.6) is 0 Å². The van der Waals surface area contributed by atoms with E-state index in [1.165, 1.54) is 23.2 Å². The SMILES string of the molecule is C\C=C/C=C(\C=C\Br)C(=N)OC(=N)c1cc(C(F)(F)F)cc(C(F)(F)F)c1. The Bertz CT molecular complexity index is 774. The highest BCUT2D eigenvalue weighted by Gasteiger charge is 2.37. The predicted octanol–water partition coefficient (Wildman–Crippen LogP) is 6.45. The molecule has 27 heavy (non-hydrogen) atoms. The number of ether oxygens (including phenoxy) is 1. The predicted molar refractivity (Wildman–Crippen MR) is 93.1 cm³/mol. The topological polar surface area (TPSA) is 56.9 Å². The van der Waals surface area contributed by atoms with Gasteiger partial charge < -0.3 is 4.74 Å². The van der Waals surface area contributed by atoms with E-state index < -0.39 is 40.8 Å². The van der Waals surface area contributed by atoms with Crippen LogP contribution in [-0.4, -0.2) is 11.8 Å². The van der Waals surface area contributed by atoms with Crippen LogP contribution in [0, 0.1) is 10.8 Å². The molecule has 0 aliphatic carbocycles. The van der Waals surface area contributed by atoms with Crippen molar-refractivity contribution in [3.8, 4) is 0 Å². The van der Waals surface area contributed by atoms with Crippen LogP contribution < -0.4 is 0 Å². The molecule has 0 bridgehead atoms. The van der Waals surface area contributed by atoms with Gasteiger partial charge in [0.1, 0.15) is 0 Å². The third kappa shape index (κ3) is 6.70. The molecule has 1 aromatic carbocycles. The highest BCUT2D eigenvalue weighted by atomic mass is 79.9. The van der Waals surface area contributed by atoms with Crippen LogP contribution in [0.15, 0.2) is 53.1 Å². The van der Waals surface area contributed by atoms with E-state index in [1.807, 2.05) is 0 Å². The maximum absolute atomic E-state index is 12.9. The quantitative estimate of drug-likeness (QED) is 0.233. The lowest BCUT2D eigenvalue weighted by Gasteiger charge is -2.15. The fourth-order valence-electron chi connectivity index (χ4n) is 1.78. The number of benzene rings is 1. The van der Waals surface area contributed by atoms with Crippen LogP contribution in [-0.2, 0) is 17.1 Å². The largest absolute Gasteiger partial charge is 0.421 e. The van der Waals surface area contributed by atoms with Gasteiger partial charge in [-0.2, -0.15) is 26.3 Å². The molecule has 0 aliphatic rings. The molecule has 1 aromatic rings. The summed E-state index contributed by atoms with van der Waals surface area (Å²) in [6.07, 6.45) is -4.14. The van der Waals surface area contributed by atoms with E-state index in [4.69, 9.17) is 15.6 Å². The van der Waals surface area contributed by atoms with E-state index in [-0.39, 0.29) is 11.6 Å². The van der Waals surface area contributed by atoms with Gasteiger partial charge in [-0.3, -0.25) is 10.8 Å². The molecule has 3 nitrogen and oxygen atoms in total. The molecule has 0 radical (unpaired) electrons. The van der Waals surface area contributed by atoms with Crippen LogP contribution in [0.2, 0.25) is 0 Å². The number of nitrogens with one attached hydrogen (secondary N) is 2. The van der Waals surface area contributed by atoms with Crippen molar-refractivity contribution in [3.63, 3.8) is 0 Å². The summed E-state index contributed by atoms with van der Waals surface area (Å²) in [5.41, 5.74) is -3.76. The molecule has 0 heterocycles. The number of hydrogen-bond acceptors (Lipinski definition) is 3. The third-order valence-electron chi connectivity index (χ3n) is 3.03. The van der Waals surface area contributed by atoms with Crippen LogP contribution in [0.1, 0.15) is 23.6 Å². The number of halogens is 7. The zero-order valence-electron chi connectivity index (χ0n) is 13.7. The number of allylic oxidation sites excluding steroid dienone is 3. The van der Waals surface area contributed by atoms with Crippen molar-refractivity contribution < 1.29 is 31.1 Å². The smallest absolute Gasteiger partial charge is 0.416 e. The van der Waals surface area contributed by atoms with Crippen molar-refractivity contribution in [2.75, 3.05) is 0 Å². The Morgan fingerprint density at radius 1 is 1.00 bits per heavy atom. The van der Waals surface area contributed by atoms with Crippen molar-refractivity contribution in [2.24, 2.45) is 0 Å². The van der Waals surface area contributed by atoms with E-state index in [1.54, 1.807) is 13.0 Å². The van der Waals surface area contributed by atoms with Gasteiger partial charge in [-0.1, -0.05) is 28.1 Å². The zero-order valence-corrected chi connectivity index (χ0v) is 15.3. The molecule has 0 aromatic heterocycles. The van der Waals surface area contributed by atoms with E-state index in [2.05, 4.69) is 15.9 Å². The molecule has 10 heteroatoms. The van der Waals surface area contributed by atoms with Crippen LogP contribution >= 0.6 is 15.9 Å². The highest BCUT2D eigenvalue weighted by molar-refractivity contribution is 9.11. The van der Waals surface area contributed by atoms with Crippen molar-refractivity contribution in [3.05, 3.63) is 69.8 Å². The maximum Gasteiger partial charge on any atom is 0.416 e. The summed E-state index contributed by atoms with van der Waals surface area (Å²) >= 11 is 2.98. The van der Waals surface area contributed by atoms with Crippen molar-refractivity contribution in [2.45, 2.75) is 19.3 Å². The molecule has 0 atom stereocenters. The summed E-state index contributed by atoms with van der Waals surface area (Å²) in [5.74, 6) is -1.65. The minimum Gasteiger partial charge on any atom is -0.421 e. The summed E-state index contributed by atoms with van der Waals surface area (Å²) in [6, 6.07) is 0.675. The monoisotopic (exact) mass is 454 g/mol. The van der Waals surface area contributed by atoms with Gasteiger partial charge in [-0.25, -0.2) is 0 Å². The summed E-state index contributed by atoms with van der Waals surface area (Å²) in [5, 5.41) is 15.5. The third-order valence-corrected chi connectivity index (χ3v) is 3.29. The van der Waals surface area contributed by atoms with Crippen LogP contribution in [0.25, 0.3) is 0 Å². The first-order valence-electron chi connectivity index (χ1n) is 7.15. The fraction of sp³-hybridized carbons (Fsp3) is 0.176. The first kappa shape index (κ1) is 22.7. The molecule has 0 aliphatic heterocycles. The lowest BCUT2D eigenvalue weighted by Crippen LogP contribution is -2.17.